The van der Waals surface area contributed by atoms with Gasteiger partial charge in [-0.3, -0.25) is 0 Å². The van der Waals surface area contributed by atoms with Crippen molar-refractivity contribution in [3.05, 3.63) is 0 Å². The Hall–Kier alpha value is -1.34. The Morgan fingerprint density at radius 2 is 2.20 bits per heavy atom. The minimum atomic E-state index is -1.29. The summed E-state index contributed by atoms with van der Waals surface area (Å²) in [4.78, 5) is 23.2. The second-order valence-electron chi connectivity index (χ2n) is 5.39. The number of carbonyl (C=O) groups is 2. The molecule has 7 heteroatoms. The molecule has 0 spiro atoms. The first-order chi connectivity index (χ1) is 9.57. The molecular formula is C13H22N2O5. The predicted molar refractivity (Wildman–Crippen MR) is 70.5 cm³/mol. The van der Waals surface area contributed by atoms with E-state index in [1.807, 2.05) is 0 Å². The van der Waals surface area contributed by atoms with Crippen molar-refractivity contribution in [2.45, 2.75) is 37.8 Å². The van der Waals surface area contributed by atoms with E-state index in [-0.39, 0.29) is 12.7 Å². The molecule has 3 N–H and O–H groups in total. The number of carboxylic acid groups (broad SMARTS) is 1. The van der Waals surface area contributed by atoms with Gasteiger partial charge in [-0.1, -0.05) is 6.92 Å². The predicted octanol–water partition coefficient (Wildman–Crippen LogP) is 0.344. The van der Waals surface area contributed by atoms with E-state index < -0.39 is 17.5 Å². The van der Waals surface area contributed by atoms with E-state index in [2.05, 4.69) is 17.6 Å². The van der Waals surface area contributed by atoms with Gasteiger partial charge >= 0.3 is 12.0 Å². The first-order valence-corrected chi connectivity index (χ1v) is 7.06. The second kappa shape index (κ2) is 6.41. The fourth-order valence-electron chi connectivity index (χ4n) is 2.75. The molecule has 0 aliphatic carbocycles. The molecule has 7 nitrogen and oxygen atoms in total. The molecule has 2 amide bonds. The van der Waals surface area contributed by atoms with Gasteiger partial charge in [0.05, 0.1) is 12.7 Å². The van der Waals surface area contributed by atoms with Crippen molar-refractivity contribution in [3.8, 4) is 0 Å². The van der Waals surface area contributed by atoms with Crippen molar-refractivity contribution >= 4 is 12.0 Å². The molecule has 2 rings (SSSR count). The summed E-state index contributed by atoms with van der Waals surface area (Å²) >= 11 is 0. The van der Waals surface area contributed by atoms with Crippen LogP contribution in [0, 0.1) is 5.92 Å². The fourth-order valence-corrected chi connectivity index (χ4v) is 2.75. The SMILES string of the molecule is CCC1OCCC1CNC(=O)NC1(C(=O)O)CCOC1. The van der Waals surface area contributed by atoms with Crippen LogP contribution in [0.5, 0.6) is 0 Å². The van der Waals surface area contributed by atoms with Crippen molar-refractivity contribution in [2.24, 2.45) is 5.92 Å². The molecule has 3 unspecified atom stereocenters. The summed E-state index contributed by atoms with van der Waals surface area (Å²) in [6.45, 7) is 3.64. The lowest BCUT2D eigenvalue weighted by molar-refractivity contribution is -0.144. The van der Waals surface area contributed by atoms with E-state index in [1.54, 1.807) is 0 Å². The molecule has 0 aromatic carbocycles. The third-order valence-electron chi connectivity index (χ3n) is 4.06. The van der Waals surface area contributed by atoms with Gasteiger partial charge in [-0.2, -0.15) is 0 Å². The van der Waals surface area contributed by atoms with Gasteiger partial charge in [-0.05, 0) is 12.8 Å². The first kappa shape index (κ1) is 15.1. The van der Waals surface area contributed by atoms with Crippen LogP contribution in [0.4, 0.5) is 4.79 Å². The molecule has 0 aromatic heterocycles. The zero-order chi connectivity index (χ0) is 14.6. The van der Waals surface area contributed by atoms with Crippen LogP contribution in [0.1, 0.15) is 26.2 Å². The Labute approximate surface area is 118 Å². The quantitative estimate of drug-likeness (QED) is 0.677. The molecule has 0 saturated carbocycles. The number of aliphatic carboxylic acids is 1. The van der Waals surface area contributed by atoms with Crippen molar-refractivity contribution in [2.75, 3.05) is 26.4 Å². The lowest BCUT2D eigenvalue weighted by atomic mass is 9.99. The highest BCUT2D eigenvalue weighted by atomic mass is 16.5. The van der Waals surface area contributed by atoms with Crippen LogP contribution in [0.3, 0.4) is 0 Å². The smallest absolute Gasteiger partial charge is 0.332 e. The van der Waals surface area contributed by atoms with Crippen LogP contribution >= 0.6 is 0 Å². The van der Waals surface area contributed by atoms with E-state index in [4.69, 9.17) is 9.47 Å². The molecule has 2 aliphatic heterocycles. The van der Waals surface area contributed by atoms with Crippen molar-refractivity contribution in [3.63, 3.8) is 0 Å². The zero-order valence-corrected chi connectivity index (χ0v) is 11.7. The third kappa shape index (κ3) is 3.21. The van der Waals surface area contributed by atoms with Gasteiger partial charge in [0, 0.05) is 32.1 Å². The number of hydrogen-bond acceptors (Lipinski definition) is 4. The lowest BCUT2D eigenvalue weighted by Gasteiger charge is -2.25. The highest BCUT2D eigenvalue weighted by molar-refractivity contribution is 5.86. The normalized spacial score (nSPS) is 33.0. The molecule has 0 bridgehead atoms. The van der Waals surface area contributed by atoms with E-state index in [0.29, 0.717) is 25.5 Å². The topological polar surface area (TPSA) is 96.9 Å². The zero-order valence-electron chi connectivity index (χ0n) is 11.7. The van der Waals surface area contributed by atoms with Gasteiger partial charge in [-0.25, -0.2) is 9.59 Å². The lowest BCUT2D eigenvalue weighted by Crippen LogP contribution is -2.58. The maximum atomic E-state index is 11.9. The highest BCUT2D eigenvalue weighted by Crippen LogP contribution is 2.22. The van der Waals surface area contributed by atoms with E-state index in [9.17, 15) is 14.7 Å². The number of ether oxygens (including phenoxy) is 2. The fraction of sp³-hybridized carbons (Fsp3) is 0.846. The van der Waals surface area contributed by atoms with Crippen LogP contribution in [0.25, 0.3) is 0 Å². The number of hydrogen-bond donors (Lipinski definition) is 3. The van der Waals surface area contributed by atoms with Crippen molar-refractivity contribution in [1.29, 1.82) is 0 Å². The van der Waals surface area contributed by atoms with Crippen LogP contribution in [0.15, 0.2) is 0 Å². The average molecular weight is 286 g/mol. The number of amides is 2. The molecule has 114 valence electrons. The minimum Gasteiger partial charge on any atom is -0.479 e. The summed E-state index contributed by atoms with van der Waals surface area (Å²) in [5.74, 6) is -0.757. The molecule has 0 aromatic rings. The Morgan fingerprint density at radius 3 is 2.80 bits per heavy atom. The Bertz CT molecular complexity index is 368. The summed E-state index contributed by atoms with van der Waals surface area (Å²) in [6.07, 6.45) is 2.31. The molecule has 2 saturated heterocycles. The molecular weight excluding hydrogens is 264 g/mol. The largest absolute Gasteiger partial charge is 0.479 e. The molecule has 2 heterocycles. The molecule has 20 heavy (non-hydrogen) atoms. The molecule has 2 aliphatic rings. The van der Waals surface area contributed by atoms with Gasteiger partial charge in [0.1, 0.15) is 0 Å². The van der Waals surface area contributed by atoms with Gasteiger partial charge in [0.2, 0.25) is 0 Å². The Morgan fingerprint density at radius 1 is 1.40 bits per heavy atom. The molecule has 2 fully saturated rings. The van der Waals surface area contributed by atoms with Gasteiger partial charge in [0.25, 0.3) is 0 Å². The van der Waals surface area contributed by atoms with Crippen molar-refractivity contribution < 1.29 is 24.2 Å². The maximum Gasteiger partial charge on any atom is 0.332 e. The second-order valence-corrected chi connectivity index (χ2v) is 5.39. The van der Waals surface area contributed by atoms with Gasteiger partial charge < -0.3 is 25.2 Å². The van der Waals surface area contributed by atoms with E-state index in [0.717, 1.165) is 19.4 Å². The van der Waals surface area contributed by atoms with E-state index >= 15 is 0 Å². The standard InChI is InChI=1S/C13H22N2O5/c1-2-10-9(3-5-20-10)7-14-12(18)15-13(11(16)17)4-6-19-8-13/h9-10H,2-8H2,1H3,(H,16,17)(H2,14,15,18). The molecule has 0 radical (unpaired) electrons. The monoisotopic (exact) mass is 286 g/mol. The summed E-state index contributed by atoms with van der Waals surface area (Å²) in [7, 11) is 0. The minimum absolute atomic E-state index is 0.0138. The van der Waals surface area contributed by atoms with Crippen LogP contribution in [-0.4, -0.2) is 55.1 Å². The third-order valence-corrected chi connectivity index (χ3v) is 4.06. The van der Waals surface area contributed by atoms with Crippen LogP contribution < -0.4 is 10.6 Å². The number of nitrogens with one attached hydrogen (secondary N) is 2. The highest BCUT2D eigenvalue weighted by Gasteiger charge is 2.44. The van der Waals surface area contributed by atoms with Crippen molar-refractivity contribution in [1.82, 2.24) is 10.6 Å². The Kier molecular flexibility index (Phi) is 4.82. The summed E-state index contributed by atoms with van der Waals surface area (Å²) in [5, 5.41) is 14.5. The summed E-state index contributed by atoms with van der Waals surface area (Å²) < 4.78 is 10.6. The van der Waals surface area contributed by atoms with Gasteiger partial charge in [-0.15, -0.1) is 0 Å². The Balaban J connectivity index is 1.81. The average Bonchev–Trinajstić information content (AvgIpc) is 3.05. The number of rotatable bonds is 5. The van der Waals surface area contributed by atoms with Gasteiger partial charge in [0.15, 0.2) is 5.54 Å². The first-order valence-electron chi connectivity index (χ1n) is 7.06. The van der Waals surface area contributed by atoms with Crippen LogP contribution in [-0.2, 0) is 14.3 Å². The van der Waals surface area contributed by atoms with Crippen LogP contribution in [0.2, 0.25) is 0 Å². The maximum absolute atomic E-state index is 11.9. The number of urea groups is 1. The molecule has 3 atom stereocenters. The summed E-state index contributed by atoms with van der Waals surface area (Å²) in [5.41, 5.74) is -1.29. The summed E-state index contributed by atoms with van der Waals surface area (Å²) in [6, 6.07) is -0.459. The van der Waals surface area contributed by atoms with E-state index in [1.165, 1.54) is 0 Å². The number of carboxylic acids is 1. The number of carbonyl (C=O) groups excluding carboxylic acids is 1.